The molecule has 0 saturated carbocycles. The van der Waals surface area contributed by atoms with Crippen molar-refractivity contribution in [3.05, 3.63) is 65.7 Å². The minimum atomic E-state index is -1.04. The Morgan fingerprint density at radius 1 is 1.16 bits per heavy atom. The first kappa shape index (κ1) is 21.7. The SMILES string of the molecule is C[C@H](OC(=O)CCC(=O)N1CCC(c2ccccc2)=N1)C(=O)Nc1cccc(C#N)c1. The summed E-state index contributed by atoms with van der Waals surface area (Å²) in [5, 5.41) is 17.2. The summed E-state index contributed by atoms with van der Waals surface area (Å²) >= 11 is 0. The van der Waals surface area contributed by atoms with Crippen LogP contribution in [-0.4, -0.2) is 41.2 Å². The van der Waals surface area contributed by atoms with Crippen molar-refractivity contribution in [1.82, 2.24) is 5.01 Å². The number of hydrogen-bond donors (Lipinski definition) is 1. The van der Waals surface area contributed by atoms with Gasteiger partial charge < -0.3 is 10.1 Å². The van der Waals surface area contributed by atoms with E-state index in [1.54, 1.807) is 18.2 Å². The molecule has 0 fully saturated rings. The summed E-state index contributed by atoms with van der Waals surface area (Å²) in [4.78, 5) is 36.6. The third kappa shape index (κ3) is 6.00. The van der Waals surface area contributed by atoms with E-state index in [1.807, 2.05) is 36.4 Å². The molecule has 2 aromatic rings. The van der Waals surface area contributed by atoms with Crippen LogP contribution in [0.1, 0.15) is 37.3 Å². The number of nitriles is 1. The normalized spacial score (nSPS) is 13.7. The van der Waals surface area contributed by atoms with E-state index in [0.717, 1.165) is 11.3 Å². The van der Waals surface area contributed by atoms with Crippen molar-refractivity contribution in [1.29, 1.82) is 5.26 Å². The van der Waals surface area contributed by atoms with Crippen LogP contribution in [0.4, 0.5) is 5.69 Å². The quantitative estimate of drug-likeness (QED) is 0.695. The third-order valence-corrected chi connectivity index (χ3v) is 4.68. The molecule has 2 amide bonds. The molecule has 0 unspecified atom stereocenters. The molecule has 0 saturated heterocycles. The highest BCUT2D eigenvalue weighted by molar-refractivity contribution is 6.02. The minimum absolute atomic E-state index is 0.0526. The number of nitrogens with zero attached hydrogens (tertiary/aromatic N) is 3. The molecule has 8 nitrogen and oxygen atoms in total. The predicted molar refractivity (Wildman–Crippen MR) is 114 cm³/mol. The second kappa shape index (κ2) is 10.2. The van der Waals surface area contributed by atoms with E-state index in [0.29, 0.717) is 24.2 Å². The van der Waals surface area contributed by atoms with Gasteiger partial charge in [-0.3, -0.25) is 14.4 Å². The Morgan fingerprint density at radius 2 is 1.94 bits per heavy atom. The molecule has 8 heteroatoms. The lowest BCUT2D eigenvalue weighted by Crippen LogP contribution is -2.30. The van der Waals surface area contributed by atoms with Crippen LogP contribution < -0.4 is 5.32 Å². The molecule has 0 aromatic heterocycles. The number of hydrogen-bond acceptors (Lipinski definition) is 6. The Kier molecular flexibility index (Phi) is 7.12. The second-order valence-corrected chi connectivity index (χ2v) is 6.99. The van der Waals surface area contributed by atoms with Crippen molar-refractivity contribution in [3.63, 3.8) is 0 Å². The lowest BCUT2D eigenvalue weighted by atomic mass is 10.1. The average molecular weight is 418 g/mol. The molecule has 1 N–H and O–H groups in total. The van der Waals surface area contributed by atoms with Crippen LogP contribution in [0, 0.1) is 11.3 Å². The Morgan fingerprint density at radius 3 is 2.68 bits per heavy atom. The molecule has 0 spiro atoms. The number of benzene rings is 2. The number of ether oxygens (including phenoxy) is 1. The van der Waals surface area contributed by atoms with Crippen molar-refractivity contribution in [2.24, 2.45) is 5.10 Å². The fourth-order valence-corrected chi connectivity index (χ4v) is 3.03. The topological polar surface area (TPSA) is 112 Å². The summed E-state index contributed by atoms with van der Waals surface area (Å²) < 4.78 is 5.12. The van der Waals surface area contributed by atoms with Crippen LogP contribution in [0.2, 0.25) is 0 Å². The van der Waals surface area contributed by atoms with E-state index in [1.165, 1.54) is 18.0 Å². The highest BCUT2D eigenvalue weighted by Crippen LogP contribution is 2.15. The molecular formula is C23H22N4O4. The fourth-order valence-electron chi connectivity index (χ4n) is 3.03. The van der Waals surface area contributed by atoms with Gasteiger partial charge >= 0.3 is 5.97 Å². The van der Waals surface area contributed by atoms with Gasteiger partial charge in [0, 0.05) is 18.5 Å². The molecule has 1 aliphatic heterocycles. The Bertz CT molecular complexity index is 1040. The van der Waals surface area contributed by atoms with E-state index < -0.39 is 18.0 Å². The number of amides is 2. The first-order valence-corrected chi connectivity index (χ1v) is 9.90. The van der Waals surface area contributed by atoms with Crippen molar-refractivity contribution in [2.45, 2.75) is 32.3 Å². The maximum absolute atomic E-state index is 12.4. The zero-order valence-corrected chi connectivity index (χ0v) is 17.1. The maximum atomic E-state index is 12.4. The molecule has 2 aromatic carbocycles. The first-order chi connectivity index (χ1) is 15.0. The van der Waals surface area contributed by atoms with Crippen molar-refractivity contribution < 1.29 is 19.1 Å². The summed E-state index contributed by atoms with van der Waals surface area (Å²) in [6, 6.07) is 18.0. The fraction of sp³-hybridized carbons (Fsp3) is 0.261. The van der Waals surface area contributed by atoms with Crippen LogP contribution in [-0.2, 0) is 19.1 Å². The summed E-state index contributed by atoms with van der Waals surface area (Å²) in [7, 11) is 0. The third-order valence-electron chi connectivity index (χ3n) is 4.68. The van der Waals surface area contributed by atoms with Gasteiger partial charge in [0.05, 0.1) is 30.3 Å². The maximum Gasteiger partial charge on any atom is 0.307 e. The zero-order valence-electron chi connectivity index (χ0n) is 17.1. The number of carbonyl (C=O) groups is 3. The molecule has 3 rings (SSSR count). The van der Waals surface area contributed by atoms with Crippen molar-refractivity contribution >= 4 is 29.2 Å². The zero-order chi connectivity index (χ0) is 22.2. The Balaban J connectivity index is 1.45. The molecule has 0 aliphatic carbocycles. The van der Waals surface area contributed by atoms with Crippen LogP contribution in [0.15, 0.2) is 59.7 Å². The predicted octanol–water partition coefficient (Wildman–Crippen LogP) is 2.85. The largest absolute Gasteiger partial charge is 0.453 e. The summed E-state index contributed by atoms with van der Waals surface area (Å²) in [6.07, 6.45) is -0.580. The number of nitrogens with one attached hydrogen (secondary N) is 1. The molecule has 0 radical (unpaired) electrons. The summed E-state index contributed by atoms with van der Waals surface area (Å²) in [5.41, 5.74) is 2.64. The van der Waals surface area contributed by atoms with Gasteiger partial charge in [0.15, 0.2) is 6.10 Å². The number of carbonyl (C=O) groups excluding carboxylic acids is 3. The molecule has 0 bridgehead atoms. The van der Waals surface area contributed by atoms with Gasteiger partial charge in [0.25, 0.3) is 5.91 Å². The van der Waals surface area contributed by atoms with E-state index in [9.17, 15) is 14.4 Å². The molecule has 1 heterocycles. The number of rotatable bonds is 7. The highest BCUT2D eigenvalue weighted by atomic mass is 16.5. The average Bonchev–Trinajstić information content (AvgIpc) is 3.28. The van der Waals surface area contributed by atoms with E-state index in [2.05, 4.69) is 10.4 Å². The van der Waals surface area contributed by atoms with Gasteiger partial charge in [-0.1, -0.05) is 36.4 Å². The van der Waals surface area contributed by atoms with Crippen LogP contribution >= 0.6 is 0 Å². The van der Waals surface area contributed by atoms with Gasteiger partial charge in [-0.2, -0.15) is 10.4 Å². The van der Waals surface area contributed by atoms with Gasteiger partial charge in [0.1, 0.15) is 0 Å². The Hall–Kier alpha value is -3.99. The van der Waals surface area contributed by atoms with E-state index in [4.69, 9.17) is 10.00 Å². The smallest absolute Gasteiger partial charge is 0.307 e. The van der Waals surface area contributed by atoms with Crippen molar-refractivity contribution in [3.8, 4) is 6.07 Å². The lowest BCUT2D eigenvalue weighted by molar-refractivity contribution is -0.154. The number of hydrazone groups is 1. The summed E-state index contributed by atoms with van der Waals surface area (Å²) in [5.74, 6) is -1.44. The summed E-state index contributed by atoms with van der Waals surface area (Å²) in [6.45, 7) is 1.92. The first-order valence-electron chi connectivity index (χ1n) is 9.90. The highest BCUT2D eigenvalue weighted by Gasteiger charge is 2.23. The second-order valence-electron chi connectivity index (χ2n) is 6.99. The molecular weight excluding hydrogens is 396 g/mol. The van der Waals surface area contributed by atoms with Crippen LogP contribution in [0.5, 0.6) is 0 Å². The van der Waals surface area contributed by atoms with Gasteiger partial charge in [-0.15, -0.1) is 0 Å². The number of anilines is 1. The van der Waals surface area contributed by atoms with Gasteiger partial charge in [-0.25, -0.2) is 5.01 Å². The van der Waals surface area contributed by atoms with Gasteiger partial charge in [-0.05, 0) is 30.7 Å². The standard InChI is InChI=1S/C23H22N4O4/c1-16(23(30)25-19-9-5-6-17(14-19)15-24)31-22(29)11-10-21(28)27-13-12-20(26-27)18-7-3-2-4-8-18/h2-9,14,16H,10-13H2,1H3,(H,25,30)/t16-/m0/s1. The minimum Gasteiger partial charge on any atom is -0.453 e. The van der Waals surface area contributed by atoms with Crippen LogP contribution in [0.3, 0.4) is 0 Å². The lowest BCUT2D eigenvalue weighted by Gasteiger charge is -2.14. The van der Waals surface area contributed by atoms with Crippen LogP contribution in [0.25, 0.3) is 0 Å². The Labute approximate surface area is 180 Å². The number of esters is 1. The van der Waals surface area contributed by atoms with E-state index >= 15 is 0 Å². The molecule has 158 valence electrons. The van der Waals surface area contributed by atoms with Crippen molar-refractivity contribution in [2.75, 3.05) is 11.9 Å². The monoisotopic (exact) mass is 418 g/mol. The molecule has 31 heavy (non-hydrogen) atoms. The van der Waals surface area contributed by atoms with E-state index in [-0.39, 0.29) is 18.7 Å². The molecule has 1 atom stereocenters. The molecule has 1 aliphatic rings. The van der Waals surface area contributed by atoms with Gasteiger partial charge in [0.2, 0.25) is 5.91 Å².